The molecule has 0 bridgehead atoms. The Morgan fingerprint density at radius 2 is 1.61 bits per heavy atom. The number of aromatic nitrogens is 1. The van der Waals surface area contributed by atoms with Crippen LogP contribution in [0.25, 0.3) is 22.2 Å². The van der Waals surface area contributed by atoms with Gasteiger partial charge in [-0.3, -0.25) is 9.59 Å². The molecular weight excluding hydrogens is 470 g/mol. The molecule has 5 heteroatoms. The monoisotopic (exact) mass is 505 g/mol. The zero-order chi connectivity index (χ0) is 26.4. The molecule has 2 atom stereocenters. The van der Waals surface area contributed by atoms with Gasteiger partial charge in [0.05, 0.1) is 11.7 Å². The Bertz CT molecular complexity index is 1510. The number of carbonyl (C=O) groups excluding carboxylic acids is 2. The van der Waals surface area contributed by atoms with Crippen LogP contribution >= 0.6 is 0 Å². The number of para-hydroxylation sites is 1. The second-order valence-corrected chi connectivity index (χ2v) is 10.9. The Hall–Kier alpha value is -3.86. The fourth-order valence-electron chi connectivity index (χ4n) is 6.49. The van der Waals surface area contributed by atoms with Crippen LogP contribution in [-0.4, -0.2) is 33.4 Å². The molecule has 0 spiro atoms. The molecule has 0 radical (unpaired) electrons. The number of aryl methyl sites for hydroxylation is 2. The Labute approximate surface area is 224 Å². The third-order valence-electron chi connectivity index (χ3n) is 8.49. The van der Waals surface area contributed by atoms with Gasteiger partial charge in [-0.05, 0) is 49.9 Å². The van der Waals surface area contributed by atoms with Crippen molar-refractivity contribution >= 4 is 22.7 Å². The van der Waals surface area contributed by atoms with Crippen molar-refractivity contribution in [1.29, 1.82) is 0 Å². The van der Waals surface area contributed by atoms with Crippen LogP contribution in [0, 0.1) is 6.92 Å². The minimum absolute atomic E-state index is 0.0693. The molecular formula is C33H35N3O2. The number of hydrogen-bond donors (Lipinski definition) is 1. The first-order valence-electron chi connectivity index (χ1n) is 13.8. The lowest BCUT2D eigenvalue weighted by molar-refractivity contribution is -0.126. The molecule has 194 valence electrons. The SMILES string of the molecule is Cc1ccc(-c2c(C3c4ccccc4C(=O)N3C(C)C(=O)NC3CCCCC3)c3ccccc3n2C)cc1. The summed E-state index contributed by atoms with van der Waals surface area (Å²) in [6.07, 6.45) is 5.54. The average Bonchev–Trinajstić information content (AvgIpc) is 3.40. The van der Waals surface area contributed by atoms with Crippen molar-refractivity contribution in [3.05, 3.63) is 95.1 Å². The normalized spacial score (nSPS) is 18.6. The van der Waals surface area contributed by atoms with Crippen LogP contribution in [0.15, 0.2) is 72.8 Å². The van der Waals surface area contributed by atoms with Crippen LogP contribution in [0.1, 0.15) is 72.1 Å². The molecule has 2 aliphatic rings. The minimum Gasteiger partial charge on any atom is -0.352 e. The summed E-state index contributed by atoms with van der Waals surface area (Å²) in [6, 6.07) is 24.0. The summed E-state index contributed by atoms with van der Waals surface area (Å²) in [7, 11) is 2.09. The second kappa shape index (κ2) is 9.79. The smallest absolute Gasteiger partial charge is 0.255 e. The first kappa shape index (κ1) is 24.5. The maximum absolute atomic E-state index is 14.0. The van der Waals surface area contributed by atoms with Gasteiger partial charge in [0, 0.05) is 35.1 Å². The number of nitrogens with one attached hydrogen (secondary N) is 1. The van der Waals surface area contributed by atoms with E-state index in [2.05, 4.69) is 72.4 Å². The maximum atomic E-state index is 14.0. The van der Waals surface area contributed by atoms with Gasteiger partial charge in [-0.2, -0.15) is 0 Å². The topological polar surface area (TPSA) is 54.3 Å². The van der Waals surface area contributed by atoms with Gasteiger partial charge in [0.25, 0.3) is 5.91 Å². The van der Waals surface area contributed by atoms with Gasteiger partial charge < -0.3 is 14.8 Å². The van der Waals surface area contributed by atoms with Crippen molar-refractivity contribution in [2.75, 3.05) is 0 Å². The summed E-state index contributed by atoms with van der Waals surface area (Å²) in [6.45, 7) is 3.97. The molecule has 2 unspecified atom stereocenters. The highest BCUT2D eigenvalue weighted by Gasteiger charge is 2.44. The maximum Gasteiger partial charge on any atom is 0.255 e. The molecule has 1 fully saturated rings. The number of fused-ring (bicyclic) bond motifs is 2. The molecule has 3 aromatic carbocycles. The average molecular weight is 506 g/mol. The van der Waals surface area contributed by atoms with Gasteiger partial charge in [0.1, 0.15) is 6.04 Å². The van der Waals surface area contributed by atoms with E-state index >= 15 is 0 Å². The minimum atomic E-state index is -0.605. The molecule has 1 aliphatic carbocycles. The first-order chi connectivity index (χ1) is 18.5. The Morgan fingerprint density at radius 3 is 2.37 bits per heavy atom. The summed E-state index contributed by atoms with van der Waals surface area (Å²) in [5.41, 5.74) is 7.19. The van der Waals surface area contributed by atoms with E-state index in [0.717, 1.165) is 59.0 Å². The summed E-state index contributed by atoms with van der Waals surface area (Å²) in [5, 5.41) is 4.37. The Balaban J connectivity index is 1.52. The van der Waals surface area contributed by atoms with E-state index in [0.29, 0.717) is 5.56 Å². The van der Waals surface area contributed by atoms with E-state index in [1.807, 2.05) is 36.1 Å². The van der Waals surface area contributed by atoms with E-state index < -0.39 is 6.04 Å². The molecule has 2 amide bonds. The van der Waals surface area contributed by atoms with Crippen molar-refractivity contribution in [2.45, 2.75) is 64.1 Å². The van der Waals surface area contributed by atoms with E-state index in [-0.39, 0.29) is 23.9 Å². The van der Waals surface area contributed by atoms with Crippen LogP contribution in [0.3, 0.4) is 0 Å². The van der Waals surface area contributed by atoms with Crippen molar-refractivity contribution in [2.24, 2.45) is 7.05 Å². The molecule has 6 rings (SSSR count). The lowest BCUT2D eigenvalue weighted by atomic mass is 9.92. The zero-order valence-corrected chi connectivity index (χ0v) is 22.4. The molecule has 1 aromatic heterocycles. The predicted octanol–water partition coefficient (Wildman–Crippen LogP) is 6.54. The second-order valence-electron chi connectivity index (χ2n) is 10.9. The third-order valence-corrected chi connectivity index (χ3v) is 8.49. The van der Waals surface area contributed by atoms with Gasteiger partial charge in [-0.1, -0.05) is 85.5 Å². The predicted molar refractivity (Wildman–Crippen MR) is 152 cm³/mol. The van der Waals surface area contributed by atoms with E-state index in [1.165, 1.54) is 12.0 Å². The number of amides is 2. The first-order valence-corrected chi connectivity index (χ1v) is 13.8. The Morgan fingerprint density at radius 1 is 0.921 bits per heavy atom. The highest BCUT2D eigenvalue weighted by Crippen LogP contribution is 2.47. The van der Waals surface area contributed by atoms with E-state index in [4.69, 9.17) is 0 Å². The summed E-state index contributed by atoms with van der Waals surface area (Å²) >= 11 is 0. The van der Waals surface area contributed by atoms with Crippen LogP contribution in [-0.2, 0) is 11.8 Å². The van der Waals surface area contributed by atoms with Gasteiger partial charge in [-0.15, -0.1) is 0 Å². The summed E-state index contributed by atoms with van der Waals surface area (Å²) in [5.74, 6) is -0.153. The molecule has 1 N–H and O–H groups in total. The quantitative estimate of drug-likeness (QED) is 0.335. The van der Waals surface area contributed by atoms with Gasteiger partial charge >= 0.3 is 0 Å². The largest absolute Gasteiger partial charge is 0.352 e. The van der Waals surface area contributed by atoms with Crippen molar-refractivity contribution in [1.82, 2.24) is 14.8 Å². The standard InChI is InChI=1S/C33H35N3O2/c1-21-17-19-23(20-18-21)30-29(27-15-9-10-16-28(27)35(30)3)31-25-13-7-8-14-26(25)33(38)36(31)22(2)32(37)34-24-11-5-4-6-12-24/h7-10,13-20,22,24,31H,4-6,11-12H2,1-3H3,(H,34,37). The van der Waals surface area contributed by atoms with E-state index in [1.54, 1.807) is 0 Å². The number of nitrogens with zero attached hydrogens (tertiary/aromatic N) is 2. The van der Waals surface area contributed by atoms with Crippen molar-refractivity contribution in [3.63, 3.8) is 0 Å². The molecule has 1 aliphatic heterocycles. The summed E-state index contributed by atoms with van der Waals surface area (Å²) < 4.78 is 2.23. The van der Waals surface area contributed by atoms with E-state index in [9.17, 15) is 9.59 Å². The van der Waals surface area contributed by atoms with Crippen molar-refractivity contribution < 1.29 is 9.59 Å². The fraction of sp³-hybridized carbons (Fsp3) is 0.333. The van der Waals surface area contributed by atoms with Gasteiger partial charge in [-0.25, -0.2) is 0 Å². The third kappa shape index (κ3) is 4.01. The highest BCUT2D eigenvalue weighted by molar-refractivity contribution is 6.04. The van der Waals surface area contributed by atoms with Crippen LogP contribution in [0.5, 0.6) is 0 Å². The molecule has 38 heavy (non-hydrogen) atoms. The number of rotatable bonds is 5. The lowest BCUT2D eigenvalue weighted by Crippen LogP contribution is -2.50. The fourth-order valence-corrected chi connectivity index (χ4v) is 6.49. The Kier molecular flexibility index (Phi) is 6.30. The molecule has 5 nitrogen and oxygen atoms in total. The van der Waals surface area contributed by atoms with Crippen LogP contribution in [0.4, 0.5) is 0 Å². The van der Waals surface area contributed by atoms with Crippen LogP contribution in [0.2, 0.25) is 0 Å². The molecule has 0 saturated heterocycles. The number of carbonyl (C=O) groups is 2. The number of hydrogen-bond acceptors (Lipinski definition) is 2. The molecule has 1 saturated carbocycles. The van der Waals surface area contributed by atoms with Gasteiger partial charge in [0.2, 0.25) is 5.91 Å². The van der Waals surface area contributed by atoms with Crippen molar-refractivity contribution in [3.8, 4) is 11.3 Å². The summed E-state index contributed by atoms with van der Waals surface area (Å²) in [4.78, 5) is 29.4. The lowest BCUT2D eigenvalue weighted by Gasteiger charge is -2.33. The number of benzene rings is 3. The van der Waals surface area contributed by atoms with Gasteiger partial charge in [0.15, 0.2) is 0 Å². The zero-order valence-electron chi connectivity index (χ0n) is 22.4. The van der Waals surface area contributed by atoms with Crippen LogP contribution < -0.4 is 5.32 Å². The highest BCUT2D eigenvalue weighted by atomic mass is 16.2. The molecule has 2 heterocycles. The molecule has 4 aromatic rings.